The van der Waals surface area contributed by atoms with Crippen LogP contribution in [0.2, 0.25) is 0 Å². The number of para-hydroxylation sites is 2. The van der Waals surface area contributed by atoms with Crippen molar-refractivity contribution in [1.82, 2.24) is 10.2 Å². The Balaban J connectivity index is 1.30. The van der Waals surface area contributed by atoms with Gasteiger partial charge in [0, 0.05) is 4.88 Å². The van der Waals surface area contributed by atoms with Crippen molar-refractivity contribution in [2.75, 3.05) is 24.8 Å². The molecule has 3 aromatic rings. The molecule has 11 nitrogen and oxygen atoms in total. The van der Waals surface area contributed by atoms with E-state index in [1.165, 1.54) is 18.4 Å². The van der Waals surface area contributed by atoms with E-state index in [1.807, 2.05) is 0 Å². The van der Waals surface area contributed by atoms with Crippen LogP contribution in [0.15, 0.2) is 33.9 Å². The highest BCUT2D eigenvalue weighted by molar-refractivity contribution is 7.91. The van der Waals surface area contributed by atoms with Gasteiger partial charge in [0.25, 0.3) is 5.89 Å². The van der Waals surface area contributed by atoms with E-state index in [0.717, 1.165) is 23.3 Å². The lowest BCUT2D eigenvalue weighted by molar-refractivity contribution is -0.113. The predicted octanol–water partition coefficient (Wildman–Crippen LogP) is 2.97. The molecular weight excluding hydrogens is 510 g/mol. The van der Waals surface area contributed by atoms with Crippen LogP contribution < -0.4 is 14.8 Å². The molecule has 0 bridgehead atoms. The number of sulfone groups is 1. The lowest BCUT2D eigenvalue weighted by Crippen LogP contribution is -2.24. The van der Waals surface area contributed by atoms with Gasteiger partial charge in [0.2, 0.25) is 21.8 Å². The van der Waals surface area contributed by atoms with Gasteiger partial charge < -0.3 is 23.9 Å². The average Bonchev–Trinajstić information content (AvgIpc) is 3.48. The van der Waals surface area contributed by atoms with Gasteiger partial charge in [0.15, 0.2) is 11.5 Å². The molecule has 2 aromatic heterocycles. The molecule has 1 aromatic carbocycles. The molecule has 0 radical (unpaired) electrons. The summed E-state index contributed by atoms with van der Waals surface area (Å²) in [6.45, 7) is 2.17. The van der Waals surface area contributed by atoms with E-state index in [2.05, 4.69) is 22.4 Å². The van der Waals surface area contributed by atoms with Gasteiger partial charge in [0.05, 0.1) is 12.7 Å². The minimum Gasteiger partial charge on any atom is -0.485 e. The molecular formula is C23H23N3O8S2. The van der Waals surface area contributed by atoms with Crippen LogP contribution in [0.5, 0.6) is 11.5 Å². The quantitative estimate of drug-likeness (QED) is 0.469. The molecule has 1 N–H and O–H groups in total. The minimum atomic E-state index is -4.27. The van der Waals surface area contributed by atoms with Crippen LogP contribution in [0, 0.1) is 5.92 Å². The van der Waals surface area contributed by atoms with Crippen molar-refractivity contribution >= 4 is 38.1 Å². The first-order chi connectivity index (χ1) is 17.2. The maximum Gasteiger partial charge on any atom is 0.341 e. The summed E-state index contributed by atoms with van der Waals surface area (Å²) in [5.74, 6) is -0.977. The molecule has 36 heavy (non-hydrogen) atoms. The second kappa shape index (κ2) is 9.54. The van der Waals surface area contributed by atoms with Crippen LogP contribution in [0.25, 0.3) is 0 Å². The summed E-state index contributed by atoms with van der Waals surface area (Å²) in [7, 11) is -3.00. The number of esters is 1. The van der Waals surface area contributed by atoms with Crippen LogP contribution in [0.1, 0.15) is 46.1 Å². The second-order valence-corrected chi connectivity index (χ2v) is 11.6. The van der Waals surface area contributed by atoms with Crippen molar-refractivity contribution in [1.29, 1.82) is 0 Å². The van der Waals surface area contributed by atoms with Crippen molar-refractivity contribution in [2.24, 2.45) is 5.92 Å². The number of nitrogens with one attached hydrogen (secondary N) is 1. The van der Waals surface area contributed by atoms with Crippen molar-refractivity contribution in [2.45, 2.75) is 37.5 Å². The van der Waals surface area contributed by atoms with Crippen LogP contribution in [-0.4, -0.2) is 50.0 Å². The van der Waals surface area contributed by atoms with E-state index in [-0.39, 0.29) is 23.1 Å². The lowest BCUT2D eigenvalue weighted by atomic mass is 9.88. The first-order valence-electron chi connectivity index (χ1n) is 11.2. The monoisotopic (exact) mass is 533 g/mol. The number of hydrogen-bond acceptors (Lipinski definition) is 11. The van der Waals surface area contributed by atoms with Crippen LogP contribution in [0.4, 0.5) is 5.00 Å². The highest BCUT2D eigenvalue weighted by atomic mass is 32.2. The zero-order valence-corrected chi connectivity index (χ0v) is 21.1. The van der Waals surface area contributed by atoms with Crippen LogP contribution >= 0.6 is 11.3 Å². The van der Waals surface area contributed by atoms with Crippen molar-refractivity contribution in [3.63, 3.8) is 0 Å². The zero-order chi connectivity index (χ0) is 25.4. The highest BCUT2D eigenvalue weighted by Crippen LogP contribution is 2.40. The summed E-state index contributed by atoms with van der Waals surface area (Å²) in [6.07, 6.45) is 1.58. The molecule has 1 aliphatic carbocycles. The van der Waals surface area contributed by atoms with E-state index in [0.29, 0.717) is 23.8 Å². The first kappa shape index (κ1) is 24.3. The Hall–Kier alpha value is -3.45. The normalized spacial score (nSPS) is 18.8. The third-order valence-corrected chi connectivity index (χ3v) is 8.46. The Bertz CT molecular complexity index is 1430. The van der Waals surface area contributed by atoms with E-state index in [4.69, 9.17) is 18.6 Å². The van der Waals surface area contributed by atoms with Gasteiger partial charge in [-0.1, -0.05) is 24.2 Å². The Kier molecular flexibility index (Phi) is 6.43. The zero-order valence-electron chi connectivity index (χ0n) is 19.5. The fraction of sp³-hybridized carbons (Fsp3) is 0.391. The number of rotatable bonds is 6. The summed E-state index contributed by atoms with van der Waals surface area (Å²) in [5, 5.41) is 9.53. The topological polar surface area (TPSA) is 147 Å². The van der Waals surface area contributed by atoms with Gasteiger partial charge in [0.1, 0.15) is 17.4 Å². The first-order valence-corrected chi connectivity index (χ1v) is 13.7. The Morgan fingerprint density at radius 3 is 2.78 bits per heavy atom. The molecule has 3 heterocycles. The maximum atomic E-state index is 12.8. The Morgan fingerprint density at radius 2 is 2.00 bits per heavy atom. The number of amides is 1. The van der Waals surface area contributed by atoms with Crippen LogP contribution in [-0.2, 0) is 32.2 Å². The fourth-order valence-electron chi connectivity index (χ4n) is 4.17. The minimum absolute atomic E-state index is 0.0527. The van der Waals surface area contributed by atoms with Gasteiger partial charge in [-0.25, -0.2) is 13.2 Å². The summed E-state index contributed by atoms with van der Waals surface area (Å²) >= 11 is 1.27. The third kappa shape index (κ3) is 4.67. The van der Waals surface area contributed by atoms with E-state index >= 15 is 0 Å². The number of ether oxygens (including phenoxy) is 3. The van der Waals surface area contributed by atoms with Gasteiger partial charge in [-0.3, -0.25) is 4.79 Å². The molecule has 2 aliphatic rings. The number of benzene rings is 1. The van der Waals surface area contributed by atoms with E-state index < -0.39 is 38.8 Å². The number of fused-ring (bicyclic) bond motifs is 2. The molecule has 0 spiro atoms. The summed E-state index contributed by atoms with van der Waals surface area (Å²) < 4.78 is 47.2. The molecule has 0 saturated carbocycles. The summed E-state index contributed by atoms with van der Waals surface area (Å²) in [6, 6.07) is 7.00. The van der Waals surface area contributed by atoms with Crippen molar-refractivity contribution < 1.29 is 36.6 Å². The number of hydrogen-bond donors (Lipinski definition) is 1. The number of anilines is 1. The van der Waals surface area contributed by atoms with Crippen LogP contribution in [0.3, 0.4) is 0 Å². The Labute approximate surface area is 210 Å². The lowest BCUT2D eigenvalue weighted by Gasteiger charge is -2.23. The van der Waals surface area contributed by atoms with Crippen molar-refractivity contribution in [3.05, 3.63) is 46.2 Å². The van der Waals surface area contributed by atoms with Gasteiger partial charge in [-0.2, -0.15) is 0 Å². The average molecular weight is 534 g/mol. The second-order valence-electron chi connectivity index (χ2n) is 8.63. The number of methoxy groups -OCH3 is 1. The standard InChI is InChI=1S/C23H23N3O8S2/c1-12-7-8-13-17(9-12)35-21(19(13)22(28)31-2)24-18(27)11-36(29,30)23-26-25-20(34-23)16-10-32-14-5-3-4-6-15(14)33-16/h3-6,12,16H,7-11H2,1-2H3,(H,24,27). The fourth-order valence-corrected chi connectivity index (χ4v) is 6.50. The summed E-state index contributed by atoms with van der Waals surface area (Å²) in [4.78, 5) is 26.1. The van der Waals surface area contributed by atoms with E-state index in [1.54, 1.807) is 24.3 Å². The third-order valence-electron chi connectivity index (χ3n) is 5.95. The van der Waals surface area contributed by atoms with E-state index in [9.17, 15) is 18.0 Å². The largest absolute Gasteiger partial charge is 0.485 e. The molecule has 2 unspecified atom stereocenters. The summed E-state index contributed by atoms with van der Waals surface area (Å²) in [5.41, 5.74) is 1.13. The number of carbonyl (C=O) groups is 2. The number of nitrogens with zero attached hydrogens (tertiary/aromatic N) is 2. The van der Waals surface area contributed by atoms with Gasteiger partial charge >= 0.3 is 11.2 Å². The SMILES string of the molecule is COC(=O)c1c(NC(=O)CS(=O)(=O)c2nnc(C3COc4ccccc4O3)o2)sc2c1CCC(C)C2. The number of aromatic nitrogens is 2. The molecule has 0 saturated heterocycles. The molecule has 0 fully saturated rings. The van der Waals surface area contributed by atoms with Crippen molar-refractivity contribution in [3.8, 4) is 11.5 Å². The molecule has 13 heteroatoms. The Morgan fingerprint density at radius 1 is 1.22 bits per heavy atom. The number of carbonyl (C=O) groups excluding carboxylic acids is 2. The smallest absolute Gasteiger partial charge is 0.341 e. The predicted molar refractivity (Wildman–Crippen MR) is 127 cm³/mol. The number of thiophene rings is 1. The molecule has 2 atom stereocenters. The maximum absolute atomic E-state index is 12.8. The molecule has 190 valence electrons. The molecule has 5 rings (SSSR count). The van der Waals surface area contributed by atoms with Gasteiger partial charge in [-0.05, 0) is 42.9 Å². The van der Waals surface area contributed by atoms with Gasteiger partial charge in [-0.15, -0.1) is 16.4 Å². The molecule has 1 amide bonds. The highest BCUT2D eigenvalue weighted by Gasteiger charge is 2.33. The molecule has 1 aliphatic heterocycles.